The lowest BCUT2D eigenvalue weighted by Gasteiger charge is -2.22. The van der Waals surface area contributed by atoms with Crippen LogP contribution in [0.5, 0.6) is 0 Å². The molecular weight excluding hydrogens is 383 g/mol. The van der Waals surface area contributed by atoms with Crippen LogP contribution in [-0.2, 0) is 21.2 Å². The second-order valence-electron chi connectivity index (χ2n) is 5.76. The summed E-state index contributed by atoms with van der Waals surface area (Å²) in [7, 11) is -2.57. The maximum Gasteiger partial charge on any atom is 0.244 e. The van der Waals surface area contributed by atoms with E-state index in [0.29, 0.717) is 6.54 Å². The van der Waals surface area contributed by atoms with E-state index in [-0.39, 0.29) is 27.4 Å². The summed E-state index contributed by atoms with van der Waals surface area (Å²) in [6.45, 7) is 0.267. The highest BCUT2D eigenvalue weighted by molar-refractivity contribution is 7.89. The van der Waals surface area contributed by atoms with Crippen LogP contribution < -0.4 is 4.90 Å². The number of sulfonamides is 1. The summed E-state index contributed by atoms with van der Waals surface area (Å²) in [5, 5.41) is 0.325. The molecule has 5 nitrogen and oxygen atoms in total. The van der Waals surface area contributed by atoms with Gasteiger partial charge in [-0.05, 0) is 36.2 Å². The number of carbonyl (C=O) groups is 1. The van der Waals surface area contributed by atoms with Crippen LogP contribution in [0.4, 0.5) is 5.69 Å². The van der Waals surface area contributed by atoms with Crippen molar-refractivity contribution in [1.29, 1.82) is 0 Å². The highest BCUT2D eigenvalue weighted by Gasteiger charge is 2.30. The summed E-state index contributed by atoms with van der Waals surface area (Å²) in [5.74, 6) is -0.283. The number of anilines is 1. The minimum atomic E-state index is -3.92. The lowest BCUT2D eigenvalue weighted by molar-refractivity contribution is -0.118. The summed E-state index contributed by atoms with van der Waals surface area (Å²) in [6.07, 6.45) is 0.762. The zero-order valence-electron chi connectivity index (χ0n) is 13.4. The van der Waals surface area contributed by atoms with E-state index < -0.39 is 10.0 Å². The van der Waals surface area contributed by atoms with Gasteiger partial charge in [0, 0.05) is 24.3 Å². The van der Waals surface area contributed by atoms with Gasteiger partial charge in [-0.3, -0.25) is 4.79 Å². The monoisotopic (exact) mass is 398 g/mol. The van der Waals surface area contributed by atoms with E-state index in [1.54, 1.807) is 4.90 Å². The molecule has 0 atom stereocenters. The van der Waals surface area contributed by atoms with Gasteiger partial charge in [0.2, 0.25) is 15.9 Å². The van der Waals surface area contributed by atoms with E-state index >= 15 is 0 Å². The number of halogens is 2. The van der Waals surface area contributed by atoms with Crippen LogP contribution in [0.25, 0.3) is 0 Å². The van der Waals surface area contributed by atoms with Gasteiger partial charge >= 0.3 is 0 Å². The minimum Gasteiger partial charge on any atom is -0.311 e. The lowest BCUT2D eigenvalue weighted by atomic mass is 10.2. The van der Waals surface area contributed by atoms with Crippen LogP contribution in [-0.4, -0.2) is 38.8 Å². The second kappa shape index (κ2) is 6.96. The van der Waals surface area contributed by atoms with Crippen molar-refractivity contribution < 1.29 is 13.2 Å². The van der Waals surface area contributed by atoms with E-state index in [2.05, 4.69) is 0 Å². The molecule has 0 N–H and O–H groups in total. The maximum absolute atomic E-state index is 12.7. The normalized spacial score (nSPS) is 14.0. The first-order valence-electron chi connectivity index (χ1n) is 7.60. The summed E-state index contributed by atoms with van der Waals surface area (Å²) in [4.78, 5) is 14.1. The number of benzene rings is 2. The number of para-hydroxylation sites is 1. The average molecular weight is 399 g/mol. The molecule has 0 saturated carbocycles. The fraction of sp³-hybridized carbons (Fsp3) is 0.235. The molecule has 0 radical (unpaired) electrons. The molecule has 132 valence electrons. The van der Waals surface area contributed by atoms with Crippen molar-refractivity contribution >= 4 is 44.8 Å². The van der Waals surface area contributed by atoms with Gasteiger partial charge in [0.15, 0.2) is 0 Å². The Balaban J connectivity index is 1.81. The van der Waals surface area contributed by atoms with Gasteiger partial charge in [0.05, 0.1) is 11.6 Å². The molecule has 1 aliphatic rings. The molecule has 2 aromatic carbocycles. The van der Waals surface area contributed by atoms with E-state index in [0.717, 1.165) is 22.0 Å². The van der Waals surface area contributed by atoms with Crippen LogP contribution in [0.1, 0.15) is 5.56 Å². The fourth-order valence-corrected chi connectivity index (χ4v) is 4.65. The number of nitrogens with zero attached hydrogens (tertiary/aromatic N) is 2. The molecule has 0 unspecified atom stereocenters. The van der Waals surface area contributed by atoms with Gasteiger partial charge in [-0.2, -0.15) is 4.31 Å². The van der Waals surface area contributed by atoms with Gasteiger partial charge < -0.3 is 4.90 Å². The van der Waals surface area contributed by atoms with Crippen LogP contribution >= 0.6 is 23.2 Å². The highest BCUT2D eigenvalue weighted by atomic mass is 35.5. The Morgan fingerprint density at radius 2 is 1.92 bits per heavy atom. The molecule has 1 amide bonds. The molecule has 25 heavy (non-hydrogen) atoms. The lowest BCUT2D eigenvalue weighted by Crippen LogP contribution is -2.40. The zero-order valence-corrected chi connectivity index (χ0v) is 15.8. The smallest absolute Gasteiger partial charge is 0.244 e. The fourth-order valence-electron chi connectivity index (χ4n) is 2.80. The molecule has 0 bridgehead atoms. The minimum absolute atomic E-state index is 0.0650. The molecule has 3 rings (SSSR count). The number of hydrogen-bond acceptors (Lipinski definition) is 3. The molecule has 0 aromatic heterocycles. The Hall–Kier alpha value is -1.60. The molecule has 0 fully saturated rings. The zero-order chi connectivity index (χ0) is 18.2. The average Bonchev–Trinajstić information content (AvgIpc) is 3.01. The number of hydrogen-bond donors (Lipinski definition) is 0. The molecule has 2 aromatic rings. The first-order chi connectivity index (χ1) is 11.8. The number of rotatable bonds is 4. The van der Waals surface area contributed by atoms with E-state index in [1.807, 2.05) is 24.3 Å². The van der Waals surface area contributed by atoms with Gasteiger partial charge in [-0.1, -0.05) is 41.4 Å². The van der Waals surface area contributed by atoms with Gasteiger partial charge in [-0.15, -0.1) is 0 Å². The highest BCUT2D eigenvalue weighted by Crippen LogP contribution is 2.29. The van der Waals surface area contributed by atoms with E-state index in [9.17, 15) is 13.2 Å². The van der Waals surface area contributed by atoms with E-state index in [1.165, 1.54) is 25.2 Å². The first kappa shape index (κ1) is 18.2. The molecule has 1 aliphatic heterocycles. The third-order valence-electron chi connectivity index (χ3n) is 4.13. The standard InChI is InChI=1S/C17H16Cl2N2O3S/c1-20(25(23,24)16-10-13(18)6-7-14(16)19)11-17(22)21-9-8-12-4-2-3-5-15(12)21/h2-7,10H,8-9,11H2,1H3. The van der Waals surface area contributed by atoms with Crippen molar-refractivity contribution in [3.8, 4) is 0 Å². The molecule has 0 saturated heterocycles. The van der Waals surface area contributed by atoms with Gasteiger partial charge in [0.1, 0.15) is 4.90 Å². The number of amides is 1. The van der Waals surface area contributed by atoms with E-state index in [4.69, 9.17) is 23.2 Å². The molecule has 8 heteroatoms. The topological polar surface area (TPSA) is 57.7 Å². The Labute approximate surface area is 156 Å². The SMILES string of the molecule is CN(CC(=O)N1CCc2ccccc21)S(=O)(=O)c1cc(Cl)ccc1Cl. The molecular formula is C17H16Cl2N2O3S. The number of carbonyl (C=O) groups excluding carboxylic acids is 1. The Morgan fingerprint density at radius 3 is 2.68 bits per heavy atom. The van der Waals surface area contributed by atoms with Crippen molar-refractivity contribution in [1.82, 2.24) is 4.31 Å². The quantitative estimate of drug-likeness (QED) is 0.794. The summed E-state index contributed by atoms with van der Waals surface area (Å²) < 4.78 is 26.4. The maximum atomic E-state index is 12.7. The number of fused-ring (bicyclic) bond motifs is 1. The third kappa shape index (κ3) is 3.53. The van der Waals surface area contributed by atoms with Crippen molar-refractivity contribution in [3.05, 3.63) is 58.1 Å². The summed E-state index contributed by atoms with van der Waals surface area (Å²) >= 11 is 11.9. The Morgan fingerprint density at radius 1 is 1.20 bits per heavy atom. The van der Waals surface area contributed by atoms with Crippen molar-refractivity contribution in [2.24, 2.45) is 0 Å². The summed E-state index contributed by atoms with van der Waals surface area (Å²) in [5.41, 5.74) is 1.92. The summed E-state index contributed by atoms with van der Waals surface area (Å²) in [6, 6.07) is 11.8. The van der Waals surface area contributed by atoms with Gasteiger partial charge in [0.25, 0.3) is 0 Å². The number of likely N-dealkylation sites (N-methyl/N-ethyl adjacent to an activating group) is 1. The van der Waals surface area contributed by atoms with Crippen LogP contribution in [0.2, 0.25) is 10.0 Å². The van der Waals surface area contributed by atoms with Crippen molar-refractivity contribution in [2.45, 2.75) is 11.3 Å². The molecule has 0 aliphatic carbocycles. The van der Waals surface area contributed by atoms with Crippen LogP contribution in [0.3, 0.4) is 0 Å². The molecule has 1 heterocycles. The van der Waals surface area contributed by atoms with Gasteiger partial charge in [-0.25, -0.2) is 8.42 Å². The predicted octanol–water partition coefficient (Wildman–Crippen LogP) is 3.20. The predicted molar refractivity (Wildman–Crippen MR) is 98.8 cm³/mol. The Bertz CT molecular complexity index is 931. The Kier molecular flexibility index (Phi) is 5.06. The largest absolute Gasteiger partial charge is 0.311 e. The molecule has 0 spiro atoms. The van der Waals surface area contributed by atoms with Crippen LogP contribution in [0, 0.1) is 0 Å². The first-order valence-corrected chi connectivity index (χ1v) is 9.80. The second-order valence-corrected chi connectivity index (χ2v) is 8.62. The van der Waals surface area contributed by atoms with Crippen molar-refractivity contribution in [3.63, 3.8) is 0 Å². The van der Waals surface area contributed by atoms with Crippen molar-refractivity contribution in [2.75, 3.05) is 25.0 Å². The van der Waals surface area contributed by atoms with Crippen LogP contribution in [0.15, 0.2) is 47.4 Å². The third-order valence-corrected chi connectivity index (χ3v) is 6.65.